The first-order chi connectivity index (χ1) is 9.77. The molecule has 0 unspecified atom stereocenters. The summed E-state index contributed by atoms with van der Waals surface area (Å²) < 4.78 is 40.1. The Morgan fingerprint density at radius 3 is 2.57 bits per heavy atom. The zero-order chi connectivity index (χ0) is 16.0. The average molecular weight is 339 g/mol. The van der Waals surface area contributed by atoms with E-state index in [0.717, 1.165) is 19.0 Å². The molecule has 21 heavy (non-hydrogen) atoms. The first-order valence-electron chi connectivity index (χ1n) is 6.51. The van der Waals surface area contributed by atoms with Crippen LogP contribution in [-0.2, 0) is 16.6 Å². The van der Waals surface area contributed by atoms with E-state index in [2.05, 4.69) is 4.72 Å². The summed E-state index contributed by atoms with van der Waals surface area (Å²) in [5.41, 5.74) is 0.0460. The summed E-state index contributed by atoms with van der Waals surface area (Å²) in [6.45, 7) is 0.614. The summed E-state index contributed by atoms with van der Waals surface area (Å²) in [4.78, 5) is 1.78. The molecular formula is C13H20ClFN2O3S. The van der Waals surface area contributed by atoms with Gasteiger partial charge in [-0.15, -0.1) is 0 Å². The molecule has 0 saturated heterocycles. The Bertz CT molecular complexity index is 579. The fourth-order valence-electron chi connectivity index (χ4n) is 1.73. The van der Waals surface area contributed by atoms with E-state index < -0.39 is 22.4 Å². The first kappa shape index (κ1) is 18.3. The van der Waals surface area contributed by atoms with Crippen LogP contribution >= 0.6 is 11.6 Å². The van der Waals surface area contributed by atoms with E-state index in [9.17, 15) is 12.8 Å². The quantitative estimate of drug-likeness (QED) is 0.706. The van der Waals surface area contributed by atoms with Gasteiger partial charge in [-0.25, -0.2) is 17.5 Å². The maximum absolute atomic E-state index is 13.5. The van der Waals surface area contributed by atoms with Crippen LogP contribution in [0.15, 0.2) is 17.0 Å². The smallest absolute Gasteiger partial charge is 0.240 e. The Morgan fingerprint density at radius 2 is 2.00 bits per heavy atom. The van der Waals surface area contributed by atoms with Gasteiger partial charge in [-0.3, -0.25) is 0 Å². The predicted octanol–water partition coefficient (Wildman–Crippen LogP) is 1.59. The molecule has 0 saturated carbocycles. The van der Waals surface area contributed by atoms with E-state index in [1.807, 2.05) is 19.0 Å². The fourth-order valence-corrected chi connectivity index (χ4v) is 3.04. The Balaban J connectivity index is 2.72. The maximum atomic E-state index is 13.5. The molecule has 1 aromatic rings. The van der Waals surface area contributed by atoms with Gasteiger partial charge in [-0.1, -0.05) is 11.6 Å². The molecule has 120 valence electrons. The van der Waals surface area contributed by atoms with E-state index >= 15 is 0 Å². The van der Waals surface area contributed by atoms with Gasteiger partial charge < -0.3 is 10.0 Å². The van der Waals surface area contributed by atoms with Gasteiger partial charge in [-0.05, 0) is 45.6 Å². The Hall–Kier alpha value is -0.730. The third-order valence-corrected chi connectivity index (χ3v) is 4.75. The zero-order valence-electron chi connectivity index (χ0n) is 12.1. The molecular weight excluding hydrogens is 319 g/mol. The number of unbranched alkanes of at least 4 members (excludes halogenated alkanes) is 1. The maximum Gasteiger partial charge on any atom is 0.240 e. The molecule has 0 atom stereocenters. The largest absolute Gasteiger partial charge is 0.392 e. The average Bonchev–Trinajstić information content (AvgIpc) is 2.40. The molecule has 0 bridgehead atoms. The second-order valence-electron chi connectivity index (χ2n) is 4.94. The van der Waals surface area contributed by atoms with Gasteiger partial charge in [-0.2, -0.15) is 0 Å². The highest BCUT2D eigenvalue weighted by atomic mass is 35.5. The Kier molecular flexibility index (Phi) is 7.02. The van der Waals surface area contributed by atoms with Crippen molar-refractivity contribution in [2.24, 2.45) is 0 Å². The highest BCUT2D eigenvalue weighted by molar-refractivity contribution is 7.89. The topological polar surface area (TPSA) is 69.6 Å². The van der Waals surface area contributed by atoms with Crippen molar-refractivity contribution in [2.75, 3.05) is 27.2 Å². The number of nitrogens with one attached hydrogen (secondary N) is 1. The minimum atomic E-state index is -3.81. The van der Waals surface area contributed by atoms with Crippen molar-refractivity contribution in [3.8, 4) is 0 Å². The highest BCUT2D eigenvalue weighted by Crippen LogP contribution is 2.24. The number of halogens is 2. The number of hydrogen-bond donors (Lipinski definition) is 2. The zero-order valence-corrected chi connectivity index (χ0v) is 13.6. The molecule has 8 heteroatoms. The fraction of sp³-hybridized carbons (Fsp3) is 0.538. The van der Waals surface area contributed by atoms with Crippen LogP contribution in [-0.4, -0.2) is 45.6 Å². The third-order valence-electron chi connectivity index (χ3n) is 2.88. The summed E-state index contributed by atoms with van der Waals surface area (Å²) in [7, 11) is 0.0769. The van der Waals surface area contributed by atoms with E-state index in [0.29, 0.717) is 6.42 Å². The van der Waals surface area contributed by atoms with E-state index in [-0.39, 0.29) is 22.0 Å². The Morgan fingerprint density at radius 1 is 1.33 bits per heavy atom. The van der Waals surface area contributed by atoms with Crippen LogP contribution in [0, 0.1) is 5.82 Å². The number of aliphatic hydroxyl groups is 1. The number of aliphatic hydroxyl groups excluding tert-OH is 1. The van der Waals surface area contributed by atoms with Crippen LogP contribution in [0.2, 0.25) is 5.02 Å². The molecule has 0 radical (unpaired) electrons. The third kappa shape index (κ3) is 5.52. The second-order valence-corrected chi connectivity index (χ2v) is 7.09. The second kappa shape index (κ2) is 8.05. The van der Waals surface area contributed by atoms with Gasteiger partial charge in [0.05, 0.1) is 16.5 Å². The van der Waals surface area contributed by atoms with Gasteiger partial charge in [0.2, 0.25) is 10.0 Å². The van der Waals surface area contributed by atoms with Crippen molar-refractivity contribution in [3.63, 3.8) is 0 Å². The highest BCUT2D eigenvalue weighted by Gasteiger charge is 2.18. The van der Waals surface area contributed by atoms with Crippen LogP contribution in [0.1, 0.15) is 18.4 Å². The van der Waals surface area contributed by atoms with Crippen LogP contribution in [0.5, 0.6) is 0 Å². The molecule has 0 heterocycles. The molecule has 0 aliphatic heterocycles. The van der Waals surface area contributed by atoms with Gasteiger partial charge >= 0.3 is 0 Å². The van der Waals surface area contributed by atoms with Gasteiger partial charge in [0.25, 0.3) is 0 Å². The molecule has 5 nitrogen and oxygen atoms in total. The lowest BCUT2D eigenvalue weighted by molar-refractivity contribution is 0.281. The van der Waals surface area contributed by atoms with Crippen molar-refractivity contribution in [3.05, 3.63) is 28.5 Å². The monoisotopic (exact) mass is 338 g/mol. The van der Waals surface area contributed by atoms with Crippen LogP contribution < -0.4 is 4.72 Å². The predicted molar refractivity (Wildman–Crippen MR) is 80.3 cm³/mol. The van der Waals surface area contributed by atoms with Gasteiger partial charge in [0, 0.05) is 12.1 Å². The lowest BCUT2D eigenvalue weighted by Crippen LogP contribution is -2.26. The Labute approximate surface area is 129 Å². The molecule has 0 spiro atoms. The number of hydrogen-bond acceptors (Lipinski definition) is 4. The summed E-state index contributed by atoms with van der Waals surface area (Å²) in [6, 6.07) is 2.03. The van der Waals surface area contributed by atoms with Crippen molar-refractivity contribution in [2.45, 2.75) is 24.3 Å². The van der Waals surface area contributed by atoms with Crippen LogP contribution in [0.3, 0.4) is 0 Å². The van der Waals surface area contributed by atoms with Crippen molar-refractivity contribution in [1.82, 2.24) is 9.62 Å². The van der Waals surface area contributed by atoms with Gasteiger partial charge in [0.15, 0.2) is 0 Å². The standard InChI is InChI=1S/C13H20ClFN2O3S/c1-17(2)6-4-3-5-16-21(19,20)11-7-10(9-18)13(14)12(15)8-11/h7-8,16,18H,3-6,9H2,1-2H3. The summed E-state index contributed by atoms with van der Waals surface area (Å²) in [6.07, 6.45) is 1.53. The lowest BCUT2D eigenvalue weighted by atomic mass is 10.2. The van der Waals surface area contributed by atoms with Crippen molar-refractivity contribution >= 4 is 21.6 Å². The number of rotatable bonds is 8. The summed E-state index contributed by atoms with van der Waals surface area (Å²) in [5, 5.41) is 8.80. The van der Waals surface area contributed by atoms with E-state index in [1.54, 1.807) is 0 Å². The normalized spacial score (nSPS) is 12.1. The number of nitrogens with zero attached hydrogens (tertiary/aromatic N) is 1. The molecule has 0 aromatic heterocycles. The van der Waals surface area contributed by atoms with E-state index in [1.165, 1.54) is 6.07 Å². The summed E-state index contributed by atoms with van der Waals surface area (Å²) >= 11 is 5.64. The molecule has 0 fully saturated rings. The molecule has 1 rings (SSSR count). The molecule has 0 aliphatic rings. The minimum Gasteiger partial charge on any atom is -0.392 e. The summed E-state index contributed by atoms with van der Waals surface area (Å²) in [5.74, 6) is -0.865. The van der Waals surface area contributed by atoms with Crippen LogP contribution in [0.25, 0.3) is 0 Å². The SMILES string of the molecule is CN(C)CCCCNS(=O)(=O)c1cc(F)c(Cl)c(CO)c1. The minimum absolute atomic E-state index is 0.0460. The van der Waals surface area contributed by atoms with Crippen molar-refractivity contribution < 1.29 is 17.9 Å². The number of benzene rings is 1. The molecule has 1 aromatic carbocycles. The molecule has 0 amide bonds. The first-order valence-corrected chi connectivity index (χ1v) is 8.37. The molecule has 2 N–H and O–H groups in total. The van der Waals surface area contributed by atoms with Gasteiger partial charge in [0.1, 0.15) is 5.82 Å². The van der Waals surface area contributed by atoms with E-state index in [4.69, 9.17) is 16.7 Å². The van der Waals surface area contributed by atoms with Crippen LogP contribution in [0.4, 0.5) is 4.39 Å². The molecule has 0 aliphatic carbocycles. The van der Waals surface area contributed by atoms with Crippen molar-refractivity contribution in [1.29, 1.82) is 0 Å². The number of sulfonamides is 1. The lowest BCUT2D eigenvalue weighted by Gasteiger charge is -2.11.